The molecule has 3 rings (SSSR count). The molecule has 4 heteroatoms. The molecule has 2 N–H and O–H groups in total. The molecule has 0 radical (unpaired) electrons. The Morgan fingerprint density at radius 2 is 1.86 bits per heavy atom. The van der Waals surface area contributed by atoms with Crippen molar-refractivity contribution in [3.63, 3.8) is 0 Å². The van der Waals surface area contributed by atoms with Gasteiger partial charge in [0.1, 0.15) is 5.75 Å². The molecule has 1 heterocycles. The molecule has 106 valence electrons. The fourth-order valence-electron chi connectivity index (χ4n) is 2.25. The Kier molecular flexibility index (Phi) is 3.71. The molecule has 1 atom stereocenters. The molecule has 0 bridgehead atoms. The minimum Gasteiger partial charge on any atom is -0.497 e. The smallest absolute Gasteiger partial charge is 0.119 e. The quantitative estimate of drug-likeness (QED) is 0.799. The van der Waals surface area contributed by atoms with E-state index in [0.29, 0.717) is 0 Å². The maximum atomic E-state index is 6.32. The molecular formula is C17H17N3O. The van der Waals surface area contributed by atoms with E-state index in [2.05, 4.69) is 5.10 Å². The fourth-order valence-corrected chi connectivity index (χ4v) is 2.25. The van der Waals surface area contributed by atoms with Crippen LogP contribution < -0.4 is 10.5 Å². The van der Waals surface area contributed by atoms with Gasteiger partial charge in [-0.1, -0.05) is 30.3 Å². The van der Waals surface area contributed by atoms with Crippen LogP contribution in [0, 0.1) is 0 Å². The summed E-state index contributed by atoms with van der Waals surface area (Å²) < 4.78 is 7.07. The second-order valence-electron chi connectivity index (χ2n) is 4.81. The molecule has 0 amide bonds. The zero-order valence-corrected chi connectivity index (χ0v) is 11.8. The molecule has 0 aliphatic heterocycles. The summed E-state index contributed by atoms with van der Waals surface area (Å²) in [5.74, 6) is 0.804. The Balaban J connectivity index is 1.88. The van der Waals surface area contributed by atoms with Gasteiger partial charge >= 0.3 is 0 Å². The first-order chi connectivity index (χ1) is 10.3. The number of rotatable bonds is 4. The van der Waals surface area contributed by atoms with Crippen LogP contribution in [0.25, 0.3) is 5.69 Å². The van der Waals surface area contributed by atoms with Gasteiger partial charge in [-0.05, 0) is 29.8 Å². The van der Waals surface area contributed by atoms with Crippen molar-refractivity contribution in [1.29, 1.82) is 0 Å². The lowest BCUT2D eigenvalue weighted by Crippen LogP contribution is -2.11. The van der Waals surface area contributed by atoms with Crippen LogP contribution in [0.15, 0.2) is 67.0 Å². The van der Waals surface area contributed by atoms with E-state index in [1.807, 2.05) is 65.5 Å². The molecule has 0 aliphatic carbocycles. The maximum Gasteiger partial charge on any atom is 0.119 e. The predicted molar refractivity (Wildman–Crippen MR) is 82.6 cm³/mol. The van der Waals surface area contributed by atoms with E-state index in [1.165, 1.54) is 0 Å². The number of benzene rings is 2. The molecule has 1 unspecified atom stereocenters. The molecule has 0 saturated carbocycles. The van der Waals surface area contributed by atoms with Gasteiger partial charge in [-0.15, -0.1) is 0 Å². The van der Waals surface area contributed by atoms with Gasteiger partial charge in [0, 0.05) is 11.8 Å². The number of hydrogen-bond acceptors (Lipinski definition) is 3. The van der Waals surface area contributed by atoms with E-state index < -0.39 is 0 Å². The minimum absolute atomic E-state index is 0.224. The standard InChI is InChI=1S/C17H17N3O/c1-21-16-9-5-6-13(10-16)17(18)14-11-19-20(12-14)15-7-3-2-4-8-15/h2-12,17H,18H2,1H3. The predicted octanol–water partition coefficient (Wildman–Crippen LogP) is 2.93. The summed E-state index contributed by atoms with van der Waals surface area (Å²) in [6.07, 6.45) is 3.76. The molecule has 0 fully saturated rings. The van der Waals surface area contributed by atoms with Gasteiger partial charge in [0.25, 0.3) is 0 Å². The van der Waals surface area contributed by atoms with Crippen LogP contribution in [-0.4, -0.2) is 16.9 Å². The lowest BCUT2D eigenvalue weighted by Gasteiger charge is -2.11. The Morgan fingerprint density at radius 3 is 2.62 bits per heavy atom. The average Bonchev–Trinajstić information content (AvgIpc) is 3.05. The second-order valence-corrected chi connectivity index (χ2v) is 4.81. The highest BCUT2D eigenvalue weighted by Gasteiger charge is 2.12. The van der Waals surface area contributed by atoms with Crippen LogP contribution in [0.2, 0.25) is 0 Å². The number of nitrogens with zero attached hydrogens (tertiary/aromatic N) is 2. The van der Waals surface area contributed by atoms with Crippen molar-refractivity contribution in [1.82, 2.24) is 9.78 Å². The van der Waals surface area contributed by atoms with Gasteiger partial charge in [0.2, 0.25) is 0 Å². The number of hydrogen-bond donors (Lipinski definition) is 1. The van der Waals surface area contributed by atoms with Crippen LogP contribution in [0.1, 0.15) is 17.2 Å². The van der Waals surface area contributed by atoms with Crippen molar-refractivity contribution in [2.24, 2.45) is 5.73 Å². The highest BCUT2D eigenvalue weighted by molar-refractivity contribution is 5.37. The Labute approximate surface area is 123 Å². The number of nitrogens with two attached hydrogens (primary N) is 1. The highest BCUT2D eigenvalue weighted by atomic mass is 16.5. The summed E-state index contributed by atoms with van der Waals surface area (Å²) >= 11 is 0. The summed E-state index contributed by atoms with van der Waals surface area (Å²) in [6.45, 7) is 0. The molecule has 1 aromatic heterocycles. The lowest BCUT2D eigenvalue weighted by molar-refractivity contribution is 0.414. The van der Waals surface area contributed by atoms with E-state index in [-0.39, 0.29) is 6.04 Å². The lowest BCUT2D eigenvalue weighted by atomic mass is 10.0. The van der Waals surface area contributed by atoms with E-state index in [4.69, 9.17) is 10.5 Å². The minimum atomic E-state index is -0.224. The van der Waals surface area contributed by atoms with E-state index in [0.717, 1.165) is 22.6 Å². The summed E-state index contributed by atoms with van der Waals surface area (Å²) in [5, 5.41) is 4.38. The third-order valence-corrected chi connectivity index (χ3v) is 3.44. The summed E-state index contributed by atoms with van der Waals surface area (Å²) in [4.78, 5) is 0. The highest BCUT2D eigenvalue weighted by Crippen LogP contribution is 2.23. The average molecular weight is 279 g/mol. The van der Waals surface area contributed by atoms with Crippen molar-refractivity contribution in [3.8, 4) is 11.4 Å². The SMILES string of the molecule is COc1cccc(C(N)c2cnn(-c3ccccc3)c2)c1. The van der Waals surface area contributed by atoms with Gasteiger partial charge in [-0.2, -0.15) is 5.10 Å². The molecule has 0 aliphatic rings. The topological polar surface area (TPSA) is 53.1 Å². The molecule has 2 aromatic carbocycles. The van der Waals surface area contributed by atoms with Crippen molar-refractivity contribution in [2.45, 2.75) is 6.04 Å². The number of para-hydroxylation sites is 1. The van der Waals surface area contributed by atoms with Crippen LogP contribution in [0.3, 0.4) is 0 Å². The van der Waals surface area contributed by atoms with Crippen molar-refractivity contribution < 1.29 is 4.74 Å². The van der Waals surface area contributed by atoms with Gasteiger partial charge in [0.15, 0.2) is 0 Å². The van der Waals surface area contributed by atoms with Gasteiger partial charge in [-0.3, -0.25) is 0 Å². The van der Waals surface area contributed by atoms with E-state index in [9.17, 15) is 0 Å². The first kappa shape index (κ1) is 13.4. The first-order valence-corrected chi connectivity index (χ1v) is 6.77. The third kappa shape index (κ3) is 2.80. The zero-order valence-electron chi connectivity index (χ0n) is 11.8. The number of ether oxygens (including phenoxy) is 1. The van der Waals surface area contributed by atoms with Crippen molar-refractivity contribution in [3.05, 3.63) is 78.1 Å². The van der Waals surface area contributed by atoms with Gasteiger partial charge < -0.3 is 10.5 Å². The molecular weight excluding hydrogens is 262 g/mol. The summed E-state index contributed by atoms with van der Waals surface area (Å²) in [7, 11) is 1.65. The normalized spacial score (nSPS) is 12.1. The van der Waals surface area contributed by atoms with E-state index >= 15 is 0 Å². The molecule has 21 heavy (non-hydrogen) atoms. The van der Waals surface area contributed by atoms with Crippen molar-refractivity contribution >= 4 is 0 Å². The summed E-state index contributed by atoms with van der Waals surface area (Å²) in [5.41, 5.74) is 9.30. The third-order valence-electron chi connectivity index (χ3n) is 3.44. The Hall–Kier alpha value is -2.59. The Bertz CT molecular complexity index is 722. The van der Waals surface area contributed by atoms with Crippen LogP contribution >= 0.6 is 0 Å². The van der Waals surface area contributed by atoms with Crippen LogP contribution in [0.4, 0.5) is 0 Å². The molecule has 4 nitrogen and oxygen atoms in total. The van der Waals surface area contributed by atoms with Crippen LogP contribution in [-0.2, 0) is 0 Å². The first-order valence-electron chi connectivity index (χ1n) is 6.77. The number of methoxy groups -OCH3 is 1. The maximum absolute atomic E-state index is 6.32. The van der Waals surface area contributed by atoms with Crippen molar-refractivity contribution in [2.75, 3.05) is 7.11 Å². The van der Waals surface area contributed by atoms with Gasteiger partial charge in [0.05, 0.1) is 25.0 Å². The second kappa shape index (κ2) is 5.81. The number of aromatic nitrogens is 2. The molecule has 3 aromatic rings. The van der Waals surface area contributed by atoms with Crippen LogP contribution in [0.5, 0.6) is 5.75 Å². The van der Waals surface area contributed by atoms with Gasteiger partial charge in [-0.25, -0.2) is 4.68 Å². The molecule has 0 saturated heterocycles. The van der Waals surface area contributed by atoms with E-state index in [1.54, 1.807) is 13.3 Å². The largest absolute Gasteiger partial charge is 0.497 e. The monoisotopic (exact) mass is 279 g/mol. The zero-order chi connectivity index (χ0) is 14.7. The fraction of sp³-hybridized carbons (Fsp3) is 0.118. The summed E-state index contributed by atoms with van der Waals surface area (Å²) in [6, 6.07) is 17.5. The Morgan fingerprint density at radius 1 is 1.05 bits per heavy atom. The molecule has 0 spiro atoms.